The molecule has 0 aromatic heterocycles. The number of benzene rings is 1. The molecule has 19 heavy (non-hydrogen) atoms. The molecule has 1 aromatic rings. The molecule has 1 aliphatic rings. The zero-order chi connectivity index (χ0) is 14.0. The number of hydrogen-bond donors (Lipinski definition) is 0. The molecule has 0 bridgehead atoms. The number of rotatable bonds is 5. The van der Waals surface area contributed by atoms with Crippen molar-refractivity contribution in [3.05, 3.63) is 28.3 Å². The lowest BCUT2D eigenvalue weighted by Gasteiger charge is -2.35. The fourth-order valence-electron chi connectivity index (χ4n) is 2.25. The van der Waals surface area contributed by atoms with Gasteiger partial charge in [-0.2, -0.15) is 0 Å². The van der Waals surface area contributed by atoms with Crippen LogP contribution in [0.2, 0.25) is 5.02 Å². The maximum atomic E-state index is 11.5. The van der Waals surface area contributed by atoms with E-state index >= 15 is 0 Å². The number of Topliss-reactive ketones (excluding diaryl/α,β-unsaturated/α-hetero) is 1. The molecule has 2 rings (SSSR count). The number of carbonyl (C=O) groups excluding carboxylic acids is 1. The summed E-state index contributed by atoms with van der Waals surface area (Å²) in [7, 11) is 0. The number of carbonyl (C=O) groups is 1. The Kier molecular flexibility index (Phi) is 4.48. The van der Waals surface area contributed by atoms with E-state index in [2.05, 4.69) is 0 Å². The summed E-state index contributed by atoms with van der Waals surface area (Å²) in [6.45, 7) is 6.52. The van der Waals surface area contributed by atoms with Crippen molar-refractivity contribution in [3.63, 3.8) is 0 Å². The second-order valence-corrected chi connectivity index (χ2v) is 5.42. The summed E-state index contributed by atoms with van der Waals surface area (Å²) >= 11 is 5.99. The first-order chi connectivity index (χ1) is 9.02. The van der Waals surface area contributed by atoms with Crippen molar-refractivity contribution < 1.29 is 14.3 Å². The molecule has 0 aliphatic heterocycles. The zero-order valence-electron chi connectivity index (χ0n) is 11.5. The van der Waals surface area contributed by atoms with E-state index in [1.807, 2.05) is 32.9 Å². The van der Waals surface area contributed by atoms with Crippen LogP contribution in [0.1, 0.15) is 30.9 Å². The fourth-order valence-corrected chi connectivity index (χ4v) is 2.58. The molecule has 1 saturated carbocycles. The lowest BCUT2D eigenvalue weighted by molar-refractivity contribution is -0.154. The van der Waals surface area contributed by atoms with E-state index in [0.717, 1.165) is 23.3 Å². The Bertz CT molecular complexity index is 461. The Balaban J connectivity index is 2.07. The highest BCUT2D eigenvalue weighted by Crippen LogP contribution is 2.32. The smallest absolute Gasteiger partial charge is 0.169 e. The van der Waals surface area contributed by atoms with E-state index < -0.39 is 6.10 Å². The Labute approximate surface area is 118 Å². The van der Waals surface area contributed by atoms with Crippen LogP contribution in [0.25, 0.3) is 0 Å². The number of halogens is 1. The van der Waals surface area contributed by atoms with Crippen LogP contribution in [0, 0.1) is 13.8 Å². The van der Waals surface area contributed by atoms with Gasteiger partial charge in [-0.25, -0.2) is 0 Å². The van der Waals surface area contributed by atoms with Gasteiger partial charge in [-0.3, -0.25) is 4.79 Å². The first kappa shape index (κ1) is 14.4. The first-order valence-electron chi connectivity index (χ1n) is 6.60. The van der Waals surface area contributed by atoms with Crippen LogP contribution in [0.4, 0.5) is 0 Å². The van der Waals surface area contributed by atoms with Gasteiger partial charge in [-0.15, -0.1) is 0 Å². The summed E-state index contributed by atoms with van der Waals surface area (Å²) in [6, 6.07) is 3.73. The van der Waals surface area contributed by atoms with Crippen LogP contribution in [0.5, 0.6) is 5.75 Å². The van der Waals surface area contributed by atoms with Crippen molar-refractivity contribution in [1.82, 2.24) is 0 Å². The lowest BCUT2D eigenvalue weighted by atomic mass is 9.89. The maximum absolute atomic E-state index is 11.5. The number of aryl methyl sites for hydroxylation is 2. The molecule has 0 heterocycles. The largest absolute Gasteiger partial charge is 0.486 e. The Morgan fingerprint density at radius 1 is 1.32 bits per heavy atom. The van der Waals surface area contributed by atoms with Crippen molar-refractivity contribution in [2.45, 2.75) is 45.8 Å². The van der Waals surface area contributed by atoms with E-state index in [-0.39, 0.29) is 11.9 Å². The summed E-state index contributed by atoms with van der Waals surface area (Å²) < 4.78 is 11.5. The topological polar surface area (TPSA) is 35.5 Å². The molecule has 1 fully saturated rings. The van der Waals surface area contributed by atoms with Gasteiger partial charge in [0, 0.05) is 18.1 Å². The van der Waals surface area contributed by atoms with Crippen LogP contribution in [-0.4, -0.2) is 24.6 Å². The molecule has 3 nitrogen and oxygen atoms in total. The Hall–Kier alpha value is -1.06. The van der Waals surface area contributed by atoms with Crippen molar-refractivity contribution >= 4 is 17.4 Å². The molecule has 0 radical (unpaired) electrons. The SMILES string of the molecule is CCCOC1C(=O)CC1Oc1c(C)cc(Cl)cc1C. The average Bonchev–Trinajstić information content (AvgIpc) is 2.32. The minimum Gasteiger partial charge on any atom is -0.486 e. The van der Waals surface area contributed by atoms with Crippen LogP contribution in [-0.2, 0) is 9.53 Å². The number of hydrogen-bond acceptors (Lipinski definition) is 3. The van der Waals surface area contributed by atoms with Crippen molar-refractivity contribution in [2.24, 2.45) is 0 Å². The zero-order valence-corrected chi connectivity index (χ0v) is 12.3. The van der Waals surface area contributed by atoms with Crippen molar-refractivity contribution in [2.75, 3.05) is 6.61 Å². The van der Waals surface area contributed by atoms with Gasteiger partial charge in [0.2, 0.25) is 0 Å². The molecule has 0 spiro atoms. The van der Waals surface area contributed by atoms with E-state index in [9.17, 15) is 4.79 Å². The van der Waals surface area contributed by atoms with Gasteiger partial charge in [0.15, 0.2) is 11.9 Å². The third kappa shape index (κ3) is 3.10. The van der Waals surface area contributed by atoms with Gasteiger partial charge >= 0.3 is 0 Å². The second-order valence-electron chi connectivity index (χ2n) is 4.99. The van der Waals surface area contributed by atoms with Gasteiger partial charge in [0.25, 0.3) is 0 Å². The van der Waals surface area contributed by atoms with Gasteiger partial charge < -0.3 is 9.47 Å². The van der Waals surface area contributed by atoms with Crippen molar-refractivity contribution in [3.8, 4) is 5.75 Å². The highest BCUT2D eigenvalue weighted by atomic mass is 35.5. The second kappa shape index (κ2) is 5.93. The standard InChI is InChI=1S/C15H19ClO3/c1-4-5-18-15-12(17)8-13(15)19-14-9(2)6-11(16)7-10(14)3/h6-7,13,15H,4-5,8H2,1-3H3. The van der Waals surface area contributed by atoms with E-state index in [4.69, 9.17) is 21.1 Å². The van der Waals surface area contributed by atoms with Crippen LogP contribution >= 0.6 is 11.6 Å². The van der Waals surface area contributed by atoms with E-state index in [1.54, 1.807) is 0 Å². The highest BCUT2D eigenvalue weighted by molar-refractivity contribution is 6.30. The summed E-state index contributed by atoms with van der Waals surface area (Å²) in [6.07, 6.45) is 0.748. The molecule has 2 unspecified atom stereocenters. The molecule has 0 saturated heterocycles. The van der Waals surface area contributed by atoms with Crippen LogP contribution in [0.3, 0.4) is 0 Å². The third-order valence-electron chi connectivity index (χ3n) is 3.25. The number of ether oxygens (including phenoxy) is 2. The van der Waals surface area contributed by atoms with E-state index in [1.165, 1.54) is 0 Å². The summed E-state index contributed by atoms with van der Waals surface area (Å²) in [5, 5.41) is 0.700. The van der Waals surface area contributed by atoms with Gasteiger partial charge in [0.05, 0.1) is 0 Å². The predicted octanol–water partition coefficient (Wildman–Crippen LogP) is 3.47. The monoisotopic (exact) mass is 282 g/mol. The molecule has 104 valence electrons. The maximum Gasteiger partial charge on any atom is 0.169 e. The predicted molar refractivity (Wildman–Crippen MR) is 75.0 cm³/mol. The van der Waals surface area contributed by atoms with E-state index in [0.29, 0.717) is 18.1 Å². The van der Waals surface area contributed by atoms with Gasteiger partial charge in [-0.1, -0.05) is 18.5 Å². The molecule has 2 atom stereocenters. The minimum absolute atomic E-state index is 0.128. The molecular weight excluding hydrogens is 264 g/mol. The molecule has 0 N–H and O–H groups in total. The van der Waals surface area contributed by atoms with Gasteiger partial charge in [-0.05, 0) is 43.5 Å². The lowest BCUT2D eigenvalue weighted by Crippen LogP contribution is -2.52. The van der Waals surface area contributed by atoms with Crippen molar-refractivity contribution in [1.29, 1.82) is 0 Å². The quantitative estimate of drug-likeness (QED) is 0.829. The summed E-state index contributed by atoms with van der Waals surface area (Å²) in [5.41, 5.74) is 1.97. The number of ketones is 1. The normalized spacial score (nSPS) is 22.2. The summed E-state index contributed by atoms with van der Waals surface area (Å²) in [4.78, 5) is 11.5. The van der Waals surface area contributed by atoms with Gasteiger partial charge in [0.1, 0.15) is 11.9 Å². The molecular formula is C15H19ClO3. The first-order valence-corrected chi connectivity index (χ1v) is 6.98. The molecule has 4 heteroatoms. The Morgan fingerprint density at radius 2 is 1.95 bits per heavy atom. The minimum atomic E-state index is -0.408. The summed E-state index contributed by atoms with van der Waals surface area (Å²) in [5.74, 6) is 0.940. The third-order valence-corrected chi connectivity index (χ3v) is 3.47. The molecule has 0 amide bonds. The fraction of sp³-hybridized carbons (Fsp3) is 0.533. The Morgan fingerprint density at radius 3 is 2.47 bits per heavy atom. The molecule has 1 aromatic carbocycles. The van der Waals surface area contributed by atoms with Crippen LogP contribution in [0.15, 0.2) is 12.1 Å². The highest BCUT2D eigenvalue weighted by Gasteiger charge is 2.42. The van der Waals surface area contributed by atoms with Crippen LogP contribution < -0.4 is 4.74 Å². The average molecular weight is 283 g/mol. The molecule has 1 aliphatic carbocycles.